The Hall–Kier alpha value is -2.12. The number of benzene rings is 1. The summed E-state index contributed by atoms with van der Waals surface area (Å²) in [6.45, 7) is 3.12. The smallest absolute Gasteiger partial charge is 0.240 e. The van der Waals surface area contributed by atoms with Crippen LogP contribution in [0, 0.1) is 0 Å². The molecule has 6 nitrogen and oxygen atoms in total. The van der Waals surface area contributed by atoms with Crippen LogP contribution < -0.4 is 9.62 Å². The van der Waals surface area contributed by atoms with Gasteiger partial charge in [-0.3, -0.25) is 4.79 Å². The van der Waals surface area contributed by atoms with Crippen molar-refractivity contribution in [3.8, 4) is 0 Å². The Bertz CT molecular complexity index is 829. The number of anilines is 1. The summed E-state index contributed by atoms with van der Waals surface area (Å²) >= 11 is 0. The summed E-state index contributed by atoms with van der Waals surface area (Å²) in [5.41, 5.74) is 1.73. The van der Waals surface area contributed by atoms with Crippen molar-refractivity contribution >= 4 is 21.6 Å². The number of amides is 1. The number of nitrogens with zero attached hydrogens (tertiary/aromatic N) is 2. The maximum Gasteiger partial charge on any atom is 0.240 e. The van der Waals surface area contributed by atoms with Crippen LogP contribution in [0.5, 0.6) is 0 Å². The van der Waals surface area contributed by atoms with Gasteiger partial charge in [-0.05, 0) is 48.7 Å². The molecule has 2 heterocycles. The van der Waals surface area contributed by atoms with Crippen LogP contribution in [0.1, 0.15) is 18.9 Å². The van der Waals surface area contributed by atoms with Gasteiger partial charge in [0.05, 0.1) is 4.90 Å². The van der Waals surface area contributed by atoms with Crippen molar-refractivity contribution in [3.63, 3.8) is 0 Å². The molecule has 7 heteroatoms. The van der Waals surface area contributed by atoms with E-state index >= 15 is 0 Å². The van der Waals surface area contributed by atoms with Crippen molar-refractivity contribution < 1.29 is 13.2 Å². The number of nitrogens with one attached hydrogen (secondary N) is 1. The lowest BCUT2D eigenvalue weighted by atomic mass is 10.0. The number of carbonyl (C=O) groups is 1. The molecule has 3 rings (SSSR count). The van der Waals surface area contributed by atoms with Crippen LogP contribution in [0.4, 0.5) is 5.69 Å². The Labute approximate surface area is 142 Å². The van der Waals surface area contributed by atoms with Crippen LogP contribution in [0.2, 0.25) is 0 Å². The van der Waals surface area contributed by atoms with Gasteiger partial charge in [0.15, 0.2) is 0 Å². The zero-order valence-electron chi connectivity index (χ0n) is 13.6. The molecule has 0 unspecified atom stereocenters. The topological polar surface area (TPSA) is 71.4 Å². The first kappa shape index (κ1) is 16.7. The predicted molar refractivity (Wildman–Crippen MR) is 92.4 cm³/mol. The van der Waals surface area contributed by atoms with Crippen LogP contribution in [0.15, 0.2) is 47.6 Å². The molecule has 1 amide bonds. The van der Waals surface area contributed by atoms with Gasteiger partial charge in [-0.25, -0.2) is 13.1 Å². The van der Waals surface area contributed by atoms with Gasteiger partial charge < -0.3 is 9.47 Å². The molecule has 0 bridgehead atoms. The molecule has 0 saturated heterocycles. The van der Waals surface area contributed by atoms with Crippen LogP contribution in [-0.4, -0.2) is 32.0 Å². The van der Waals surface area contributed by atoms with Crippen molar-refractivity contribution in [1.82, 2.24) is 9.29 Å². The number of sulfonamides is 1. The fourth-order valence-electron chi connectivity index (χ4n) is 2.98. The van der Waals surface area contributed by atoms with Gasteiger partial charge in [0.1, 0.15) is 0 Å². The van der Waals surface area contributed by atoms with Gasteiger partial charge in [-0.2, -0.15) is 0 Å². The Balaban J connectivity index is 1.75. The Morgan fingerprint density at radius 2 is 2.00 bits per heavy atom. The molecule has 0 aliphatic carbocycles. The third kappa shape index (κ3) is 3.52. The van der Waals surface area contributed by atoms with E-state index in [1.807, 2.05) is 29.1 Å². The molecule has 128 valence electrons. The van der Waals surface area contributed by atoms with Crippen molar-refractivity contribution in [2.24, 2.45) is 0 Å². The third-order valence-electron chi connectivity index (χ3n) is 4.19. The zero-order chi connectivity index (χ0) is 17.2. The molecule has 0 fully saturated rings. The minimum absolute atomic E-state index is 0.0172. The van der Waals surface area contributed by atoms with E-state index in [2.05, 4.69) is 4.72 Å². The highest BCUT2D eigenvalue weighted by molar-refractivity contribution is 7.89. The molecular formula is C17H21N3O3S. The minimum atomic E-state index is -3.55. The van der Waals surface area contributed by atoms with Crippen LogP contribution in [0.25, 0.3) is 0 Å². The van der Waals surface area contributed by atoms with Gasteiger partial charge in [-0.15, -0.1) is 0 Å². The average Bonchev–Trinajstić information content (AvgIpc) is 3.06. The van der Waals surface area contributed by atoms with Gasteiger partial charge in [0.25, 0.3) is 0 Å². The van der Waals surface area contributed by atoms with Gasteiger partial charge >= 0.3 is 0 Å². The second-order valence-electron chi connectivity index (χ2n) is 5.88. The number of carbonyl (C=O) groups excluding carboxylic acids is 1. The monoisotopic (exact) mass is 347 g/mol. The Kier molecular flexibility index (Phi) is 4.73. The number of aromatic nitrogens is 1. The van der Waals surface area contributed by atoms with E-state index in [0.717, 1.165) is 24.1 Å². The molecule has 24 heavy (non-hydrogen) atoms. The van der Waals surface area contributed by atoms with Crippen LogP contribution in [0.3, 0.4) is 0 Å². The van der Waals surface area contributed by atoms with E-state index in [-0.39, 0.29) is 10.8 Å². The highest BCUT2D eigenvalue weighted by Crippen LogP contribution is 2.29. The molecule has 1 aromatic heterocycles. The highest BCUT2D eigenvalue weighted by Gasteiger charge is 2.22. The zero-order valence-corrected chi connectivity index (χ0v) is 14.4. The van der Waals surface area contributed by atoms with Crippen LogP contribution >= 0.6 is 0 Å². The van der Waals surface area contributed by atoms with E-state index in [0.29, 0.717) is 19.6 Å². The first-order chi connectivity index (χ1) is 11.5. The summed E-state index contributed by atoms with van der Waals surface area (Å²) in [5, 5.41) is 0. The summed E-state index contributed by atoms with van der Waals surface area (Å²) < 4.78 is 29.5. The first-order valence-electron chi connectivity index (χ1n) is 7.99. The molecule has 1 N–H and O–H groups in total. The second kappa shape index (κ2) is 6.78. The van der Waals surface area contributed by atoms with Crippen molar-refractivity contribution in [2.45, 2.75) is 31.2 Å². The fraction of sp³-hybridized carbons (Fsp3) is 0.353. The lowest BCUT2D eigenvalue weighted by Crippen LogP contribution is -2.34. The summed E-state index contributed by atoms with van der Waals surface area (Å²) in [6.07, 6.45) is 5.41. The Morgan fingerprint density at radius 1 is 1.25 bits per heavy atom. The molecule has 1 aromatic carbocycles. The number of hydrogen-bond acceptors (Lipinski definition) is 3. The summed E-state index contributed by atoms with van der Waals surface area (Å²) in [4.78, 5) is 13.6. The van der Waals surface area contributed by atoms with E-state index < -0.39 is 10.0 Å². The molecule has 1 aliphatic heterocycles. The van der Waals surface area contributed by atoms with E-state index in [1.54, 1.807) is 23.1 Å². The molecule has 0 saturated carbocycles. The minimum Gasteiger partial charge on any atom is -0.353 e. The van der Waals surface area contributed by atoms with E-state index in [1.165, 1.54) is 6.92 Å². The van der Waals surface area contributed by atoms with Crippen LogP contribution in [-0.2, 0) is 27.8 Å². The second-order valence-corrected chi connectivity index (χ2v) is 7.65. The third-order valence-corrected chi connectivity index (χ3v) is 5.65. The SMILES string of the molecule is CC(=O)N1CCCc2cc(S(=O)(=O)NCCn3cccc3)ccc21. The average molecular weight is 347 g/mol. The fourth-order valence-corrected chi connectivity index (χ4v) is 4.05. The largest absolute Gasteiger partial charge is 0.353 e. The summed E-state index contributed by atoms with van der Waals surface area (Å²) in [5.74, 6) is -0.0172. The first-order valence-corrected chi connectivity index (χ1v) is 9.47. The quantitative estimate of drug-likeness (QED) is 0.896. The molecule has 0 spiro atoms. The van der Waals surface area contributed by atoms with Crippen molar-refractivity contribution in [3.05, 3.63) is 48.3 Å². The van der Waals surface area contributed by atoms with Crippen molar-refractivity contribution in [1.29, 1.82) is 0 Å². The van der Waals surface area contributed by atoms with Crippen molar-refractivity contribution in [2.75, 3.05) is 18.0 Å². The van der Waals surface area contributed by atoms with E-state index in [9.17, 15) is 13.2 Å². The molecule has 0 atom stereocenters. The normalized spacial score (nSPS) is 14.5. The maximum atomic E-state index is 12.5. The standard InChI is InChI=1S/C17H21N3O3S/c1-14(21)20-11-4-5-15-13-16(6-7-17(15)20)24(22,23)18-8-12-19-9-2-3-10-19/h2-3,6-7,9-10,13,18H,4-5,8,11-12H2,1H3. The molecular weight excluding hydrogens is 326 g/mol. The maximum absolute atomic E-state index is 12.5. The lowest BCUT2D eigenvalue weighted by molar-refractivity contribution is -0.116. The van der Waals surface area contributed by atoms with E-state index in [4.69, 9.17) is 0 Å². The lowest BCUT2D eigenvalue weighted by Gasteiger charge is -2.28. The summed E-state index contributed by atoms with van der Waals surface area (Å²) in [7, 11) is -3.55. The molecule has 2 aromatic rings. The Morgan fingerprint density at radius 3 is 2.71 bits per heavy atom. The number of hydrogen-bond donors (Lipinski definition) is 1. The number of fused-ring (bicyclic) bond motifs is 1. The summed E-state index contributed by atoms with van der Waals surface area (Å²) in [6, 6.07) is 8.79. The van der Waals surface area contributed by atoms with Gasteiger partial charge in [-0.1, -0.05) is 0 Å². The highest BCUT2D eigenvalue weighted by atomic mass is 32.2. The number of aryl methyl sites for hydroxylation is 1. The van der Waals surface area contributed by atoms with Gasteiger partial charge in [0, 0.05) is 44.6 Å². The predicted octanol–water partition coefficient (Wildman–Crippen LogP) is 1.77. The van der Waals surface area contributed by atoms with Gasteiger partial charge in [0.2, 0.25) is 15.9 Å². The number of rotatable bonds is 5. The molecule has 0 radical (unpaired) electrons. The molecule has 1 aliphatic rings.